The first kappa shape index (κ1) is 19.9. The maximum absolute atomic E-state index is 12.9. The van der Waals surface area contributed by atoms with E-state index in [9.17, 15) is 18.0 Å². The highest BCUT2D eigenvalue weighted by Gasteiger charge is 2.22. The largest absolute Gasteiger partial charge is 0.468 e. The highest BCUT2D eigenvalue weighted by molar-refractivity contribution is 7.90. The van der Waals surface area contributed by atoms with Crippen molar-refractivity contribution < 1.29 is 22.7 Å². The average Bonchev–Trinajstić information content (AvgIpc) is 2.60. The third-order valence-corrected chi connectivity index (χ3v) is 5.21. The minimum Gasteiger partial charge on any atom is -0.468 e. The third-order valence-electron chi connectivity index (χ3n) is 3.63. The lowest BCUT2D eigenvalue weighted by Gasteiger charge is -2.22. The molecular weight excluding hydrogens is 378 g/mol. The van der Waals surface area contributed by atoms with Gasteiger partial charge in [0.25, 0.3) is 5.91 Å². The molecule has 1 amide bonds. The molecule has 0 atom stereocenters. The second kappa shape index (κ2) is 8.33. The summed E-state index contributed by atoms with van der Waals surface area (Å²) in [6.07, 6.45) is 1.01. The van der Waals surface area contributed by atoms with Gasteiger partial charge in [-0.3, -0.25) is 9.59 Å². The standard InChI is InChI=1S/C18H18ClNO5S/c1-25-17(21)12-20(11-13-6-4-3-5-7-13)18(22)14-8-9-15(19)16(10-14)26(2,23)24/h3-10H,11-12H2,1-2H3. The van der Waals surface area contributed by atoms with Crippen molar-refractivity contribution in [1.29, 1.82) is 0 Å². The van der Waals surface area contributed by atoms with Crippen LogP contribution >= 0.6 is 11.6 Å². The van der Waals surface area contributed by atoms with E-state index >= 15 is 0 Å². The number of halogens is 1. The van der Waals surface area contributed by atoms with Gasteiger partial charge in [0, 0.05) is 18.4 Å². The Kier molecular flexibility index (Phi) is 6.39. The summed E-state index contributed by atoms with van der Waals surface area (Å²) in [5.74, 6) is -1.08. The molecule has 0 unspecified atom stereocenters. The number of hydrogen-bond acceptors (Lipinski definition) is 5. The van der Waals surface area contributed by atoms with Crippen LogP contribution in [0.5, 0.6) is 0 Å². The number of carbonyl (C=O) groups is 2. The van der Waals surface area contributed by atoms with E-state index in [1.165, 1.54) is 30.2 Å². The highest BCUT2D eigenvalue weighted by atomic mass is 35.5. The van der Waals surface area contributed by atoms with Gasteiger partial charge >= 0.3 is 5.97 Å². The molecule has 0 saturated heterocycles. The minimum absolute atomic E-state index is 0.0339. The van der Waals surface area contributed by atoms with Crippen LogP contribution in [0.4, 0.5) is 0 Å². The molecule has 0 spiro atoms. The molecule has 0 bridgehead atoms. The molecule has 0 aliphatic carbocycles. The zero-order valence-electron chi connectivity index (χ0n) is 14.3. The summed E-state index contributed by atoms with van der Waals surface area (Å²) in [5.41, 5.74) is 0.941. The first-order valence-corrected chi connectivity index (χ1v) is 9.89. The lowest BCUT2D eigenvalue weighted by molar-refractivity contribution is -0.141. The lowest BCUT2D eigenvalue weighted by atomic mass is 10.1. The maximum atomic E-state index is 12.9. The van der Waals surface area contributed by atoms with Gasteiger partial charge in [0.05, 0.1) is 17.0 Å². The summed E-state index contributed by atoms with van der Waals surface area (Å²) in [4.78, 5) is 25.7. The SMILES string of the molecule is COC(=O)CN(Cc1ccccc1)C(=O)c1ccc(Cl)c(S(C)(=O)=O)c1. The number of hydrogen-bond donors (Lipinski definition) is 0. The molecular formula is C18H18ClNO5S. The Bertz CT molecular complexity index is 912. The molecule has 8 heteroatoms. The number of amides is 1. The van der Waals surface area contributed by atoms with E-state index in [0.717, 1.165) is 11.8 Å². The van der Waals surface area contributed by atoms with Crippen LogP contribution in [-0.4, -0.2) is 45.1 Å². The summed E-state index contributed by atoms with van der Waals surface area (Å²) in [6, 6.07) is 13.1. The van der Waals surface area contributed by atoms with Gasteiger partial charge in [-0.15, -0.1) is 0 Å². The Balaban J connectivity index is 2.38. The Morgan fingerprint density at radius 3 is 2.35 bits per heavy atom. The predicted octanol–water partition coefficient (Wildman–Crippen LogP) is 2.56. The molecule has 0 heterocycles. The molecule has 0 aromatic heterocycles. The van der Waals surface area contributed by atoms with Gasteiger partial charge in [-0.25, -0.2) is 8.42 Å². The maximum Gasteiger partial charge on any atom is 0.325 e. The number of ether oxygens (including phenoxy) is 1. The van der Waals surface area contributed by atoms with Crippen LogP contribution < -0.4 is 0 Å². The van der Waals surface area contributed by atoms with Crippen LogP contribution in [0.1, 0.15) is 15.9 Å². The smallest absolute Gasteiger partial charge is 0.325 e. The Morgan fingerprint density at radius 1 is 1.12 bits per heavy atom. The second-order valence-corrected chi connectivity index (χ2v) is 8.03. The Morgan fingerprint density at radius 2 is 1.77 bits per heavy atom. The molecule has 0 fully saturated rings. The van der Waals surface area contributed by atoms with Crippen molar-refractivity contribution in [2.75, 3.05) is 19.9 Å². The van der Waals surface area contributed by atoms with Crippen molar-refractivity contribution in [3.05, 3.63) is 64.7 Å². The zero-order chi connectivity index (χ0) is 19.3. The molecule has 2 rings (SSSR count). The van der Waals surface area contributed by atoms with Crippen LogP contribution in [0.2, 0.25) is 5.02 Å². The van der Waals surface area contributed by atoms with Crippen LogP contribution in [-0.2, 0) is 25.9 Å². The number of sulfone groups is 1. The normalized spacial score (nSPS) is 11.0. The number of esters is 1. The van der Waals surface area contributed by atoms with Crippen molar-refractivity contribution in [2.45, 2.75) is 11.4 Å². The number of carbonyl (C=O) groups excluding carboxylic acids is 2. The van der Waals surface area contributed by atoms with Crippen molar-refractivity contribution >= 4 is 33.3 Å². The van der Waals surface area contributed by atoms with E-state index in [1.807, 2.05) is 30.3 Å². The van der Waals surface area contributed by atoms with Crippen molar-refractivity contribution in [3.63, 3.8) is 0 Å². The van der Waals surface area contributed by atoms with E-state index < -0.39 is 21.7 Å². The summed E-state index contributed by atoms with van der Waals surface area (Å²) >= 11 is 5.92. The summed E-state index contributed by atoms with van der Waals surface area (Å²) in [6.45, 7) is -0.0906. The summed E-state index contributed by atoms with van der Waals surface area (Å²) in [5, 5.41) is 0.0339. The van der Waals surface area contributed by atoms with E-state index in [4.69, 9.17) is 11.6 Å². The Labute approximate surface area is 157 Å². The molecule has 138 valence electrons. The monoisotopic (exact) mass is 395 g/mol. The molecule has 26 heavy (non-hydrogen) atoms. The van der Waals surface area contributed by atoms with Crippen LogP contribution in [0.25, 0.3) is 0 Å². The van der Waals surface area contributed by atoms with Crippen LogP contribution in [0.3, 0.4) is 0 Å². The molecule has 0 aliphatic rings. The highest BCUT2D eigenvalue weighted by Crippen LogP contribution is 2.23. The van der Waals surface area contributed by atoms with Crippen LogP contribution in [0, 0.1) is 0 Å². The number of benzene rings is 2. The van der Waals surface area contributed by atoms with E-state index in [0.29, 0.717) is 0 Å². The number of nitrogens with zero attached hydrogens (tertiary/aromatic N) is 1. The molecule has 0 N–H and O–H groups in total. The predicted molar refractivity (Wildman–Crippen MR) is 97.8 cm³/mol. The van der Waals surface area contributed by atoms with Gasteiger partial charge in [0.1, 0.15) is 6.54 Å². The second-order valence-electron chi connectivity index (χ2n) is 5.64. The summed E-state index contributed by atoms with van der Waals surface area (Å²) < 4.78 is 28.3. The topological polar surface area (TPSA) is 80.8 Å². The van der Waals surface area contributed by atoms with Gasteiger partial charge in [0.15, 0.2) is 9.84 Å². The average molecular weight is 396 g/mol. The molecule has 0 radical (unpaired) electrons. The van der Waals surface area contributed by atoms with Crippen LogP contribution in [0.15, 0.2) is 53.4 Å². The fourth-order valence-corrected chi connectivity index (χ4v) is 3.63. The first-order valence-electron chi connectivity index (χ1n) is 7.62. The molecule has 2 aromatic carbocycles. The van der Waals surface area contributed by atoms with Gasteiger partial charge in [-0.2, -0.15) is 0 Å². The van der Waals surface area contributed by atoms with Crippen molar-refractivity contribution in [3.8, 4) is 0 Å². The van der Waals surface area contributed by atoms with Crippen molar-refractivity contribution in [1.82, 2.24) is 4.90 Å². The third kappa shape index (κ3) is 5.06. The molecule has 0 aliphatic heterocycles. The van der Waals surface area contributed by atoms with Crippen molar-refractivity contribution in [2.24, 2.45) is 0 Å². The van der Waals surface area contributed by atoms with Gasteiger partial charge in [-0.05, 0) is 23.8 Å². The van der Waals surface area contributed by atoms with Gasteiger partial charge in [-0.1, -0.05) is 41.9 Å². The molecule has 6 nitrogen and oxygen atoms in total. The minimum atomic E-state index is -3.60. The quantitative estimate of drug-likeness (QED) is 0.702. The fourth-order valence-electron chi connectivity index (χ4n) is 2.33. The number of rotatable bonds is 6. The van der Waals surface area contributed by atoms with Gasteiger partial charge in [0.2, 0.25) is 0 Å². The van der Waals surface area contributed by atoms with E-state index in [1.54, 1.807) is 0 Å². The van der Waals surface area contributed by atoms with E-state index in [-0.39, 0.29) is 28.6 Å². The zero-order valence-corrected chi connectivity index (χ0v) is 15.9. The number of methoxy groups -OCH3 is 1. The van der Waals surface area contributed by atoms with Gasteiger partial charge < -0.3 is 9.64 Å². The first-order chi connectivity index (χ1) is 12.2. The summed E-state index contributed by atoms with van der Waals surface area (Å²) in [7, 11) is -2.36. The Hall–Kier alpha value is -2.38. The molecule has 2 aromatic rings. The molecule has 0 saturated carbocycles. The lowest BCUT2D eigenvalue weighted by Crippen LogP contribution is -2.35. The van der Waals surface area contributed by atoms with E-state index in [2.05, 4.69) is 4.74 Å². The fraction of sp³-hybridized carbons (Fsp3) is 0.222.